The quantitative estimate of drug-likeness (QED) is 0.310. The third kappa shape index (κ3) is 20.3. The first-order valence-corrected chi connectivity index (χ1v) is 5.44. The summed E-state index contributed by atoms with van der Waals surface area (Å²) in [4.78, 5) is 43.4. The molecule has 0 N–H and O–H groups in total. The van der Waals surface area contributed by atoms with E-state index in [9.17, 15) is 39.6 Å². The third-order valence-electron chi connectivity index (χ3n) is 2.14. The molecule has 0 atom stereocenters. The van der Waals surface area contributed by atoms with Crippen molar-refractivity contribution in [1.82, 2.24) is 9.80 Å². The van der Waals surface area contributed by atoms with Crippen molar-refractivity contribution in [1.29, 1.82) is 0 Å². The normalized spacial score (nSPS) is 9.30. The van der Waals surface area contributed by atoms with Crippen molar-refractivity contribution in [2.24, 2.45) is 0 Å². The zero-order chi connectivity index (χ0) is 15.7. The summed E-state index contributed by atoms with van der Waals surface area (Å²) in [6, 6.07) is 0. The summed E-state index contributed by atoms with van der Waals surface area (Å²) >= 11 is 0. The zero-order valence-electron chi connectivity index (χ0n) is 12.8. The number of nitrogens with zero attached hydrogens (tertiary/aromatic N) is 2. The second-order valence-corrected chi connectivity index (χ2v) is 3.91. The van der Waals surface area contributed by atoms with Gasteiger partial charge in [0.1, 0.15) is 0 Å². The van der Waals surface area contributed by atoms with Crippen LogP contribution in [-0.2, 0) is 36.2 Å². The Kier molecular flexibility index (Phi) is 23.2. The van der Waals surface area contributed by atoms with Gasteiger partial charge in [-0.3, -0.25) is 9.80 Å². The summed E-state index contributed by atoms with van der Waals surface area (Å²) in [5.74, 6) is -6.12. The maximum absolute atomic E-state index is 10.4. The minimum absolute atomic E-state index is 0. The molecular formula is C10H12MnN2Na2O8-2. The molecule has 0 fully saturated rings. The Morgan fingerprint density at radius 3 is 0.870 bits per heavy atom. The molecule has 13 heteroatoms. The van der Waals surface area contributed by atoms with Gasteiger partial charge in [-0.25, -0.2) is 0 Å². The topological polar surface area (TPSA) is 167 Å². The first-order chi connectivity index (χ1) is 9.20. The van der Waals surface area contributed by atoms with Crippen LogP contribution in [0.25, 0.3) is 0 Å². The van der Waals surface area contributed by atoms with Crippen LogP contribution in [0, 0.1) is 0 Å². The molecule has 0 aliphatic rings. The van der Waals surface area contributed by atoms with Crippen molar-refractivity contribution in [2.75, 3.05) is 39.3 Å². The molecule has 0 saturated carbocycles. The minimum Gasteiger partial charge on any atom is -0.549 e. The predicted molar refractivity (Wildman–Crippen MR) is 52.9 cm³/mol. The second kappa shape index (κ2) is 17.2. The first kappa shape index (κ1) is 31.1. The van der Waals surface area contributed by atoms with Gasteiger partial charge in [0.15, 0.2) is 0 Å². The summed E-state index contributed by atoms with van der Waals surface area (Å²) in [5.41, 5.74) is 0. The number of aliphatic carboxylic acids is 4. The van der Waals surface area contributed by atoms with E-state index in [2.05, 4.69) is 0 Å². The molecule has 0 aromatic rings. The van der Waals surface area contributed by atoms with Gasteiger partial charge in [-0.2, -0.15) is 0 Å². The Bertz CT molecular complexity index is 331. The number of carboxylic acid groups (broad SMARTS) is 4. The summed E-state index contributed by atoms with van der Waals surface area (Å²) < 4.78 is 0. The SMILES string of the molecule is O=C([O-])CN(CCN(CC(=O)[O-])CC(=O)[O-])CC(=O)[O-].[Mn].[Na+].[Na+]. The molecule has 0 bridgehead atoms. The van der Waals surface area contributed by atoms with Gasteiger partial charge in [-0.1, -0.05) is 0 Å². The fourth-order valence-electron chi connectivity index (χ4n) is 1.44. The Balaban J connectivity index is -0.000000602. The van der Waals surface area contributed by atoms with Gasteiger partial charge in [0.2, 0.25) is 0 Å². The molecule has 0 spiro atoms. The Morgan fingerprint density at radius 1 is 0.565 bits per heavy atom. The number of hydrogen-bond donors (Lipinski definition) is 0. The Morgan fingerprint density at radius 2 is 0.739 bits per heavy atom. The standard InChI is InChI=1S/C10H16N2O8.Mn.2Na/c13-7(14)3-11(4-8(15)16)1-2-12(5-9(17)18)6-10(19)20;;;/h1-6H2,(H,13,14)(H,15,16)(H,17,18)(H,19,20);;;/q;;2*+1/p-4. The number of carbonyl (C=O) groups is 4. The van der Waals surface area contributed by atoms with Crippen LogP contribution in [0.2, 0.25) is 0 Å². The van der Waals surface area contributed by atoms with Gasteiger partial charge in [0.25, 0.3) is 0 Å². The van der Waals surface area contributed by atoms with Crippen LogP contribution < -0.4 is 79.5 Å². The van der Waals surface area contributed by atoms with E-state index in [0.717, 1.165) is 9.80 Å². The molecule has 0 unspecified atom stereocenters. The van der Waals surface area contributed by atoms with Gasteiger partial charge < -0.3 is 39.6 Å². The molecule has 0 aliphatic carbocycles. The van der Waals surface area contributed by atoms with E-state index in [4.69, 9.17) is 0 Å². The van der Waals surface area contributed by atoms with E-state index in [1.54, 1.807) is 0 Å². The second-order valence-electron chi connectivity index (χ2n) is 3.91. The largest absolute Gasteiger partial charge is 1.00 e. The molecule has 1 radical (unpaired) electrons. The third-order valence-corrected chi connectivity index (χ3v) is 2.14. The molecule has 23 heavy (non-hydrogen) atoms. The van der Waals surface area contributed by atoms with Crippen LogP contribution in [0.1, 0.15) is 0 Å². The van der Waals surface area contributed by atoms with Crippen molar-refractivity contribution in [2.45, 2.75) is 0 Å². The molecule has 0 aromatic heterocycles. The van der Waals surface area contributed by atoms with Crippen LogP contribution in [0.4, 0.5) is 0 Å². The van der Waals surface area contributed by atoms with E-state index in [1.807, 2.05) is 0 Å². The number of hydrogen-bond acceptors (Lipinski definition) is 10. The minimum atomic E-state index is -1.53. The van der Waals surface area contributed by atoms with Crippen molar-refractivity contribution in [3.05, 3.63) is 0 Å². The van der Waals surface area contributed by atoms with E-state index in [-0.39, 0.29) is 89.3 Å². The van der Waals surface area contributed by atoms with Gasteiger partial charge in [-0.15, -0.1) is 0 Å². The summed E-state index contributed by atoms with van der Waals surface area (Å²) in [7, 11) is 0. The molecule has 0 aliphatic heterocycles. The maximum atomic E-state index is 10.4. The summed E-state index contributed by atoms with van der Waals surface area (Å²) in [5, 5.41) is 41.6. The van der Waals surface area contributed by atoms with Crippen LogP contribution in [0.5, 0.6) is 0 Å². The molecular weight excluding hydrogens is 377 g/mol. The van der Waals surface area contributed by atoms with Crippen molar-refractivity contribution in [3.63, 3.8) is 0 Å². The molecule has 0 rings (SSSR count). The fraction of sp³-hybridized carbons (Fsp3) is 0.600. The van der Waals surface area contributed by atoms with Crippen molar-refractivity contribution < 1.29 is 116 Å². The molecule has 121 valence electrons. The monoisotopic (exact) mass is 389 g/mol. The van der Waals surface area contributed by atoms with Crippen molar-refractivity contribution in [3.8, 4) is 0 Å². The number of carbonyl (C=O) groups excluding carboxylic acids is 4. The average Bonchev–Trinajstić information content (AvgIpc) is 2.22. The van der Waals surface area contributed by atoms with Gasteiger partial charge in [0.05, 0.1) is 23.9 Å². The molecule has 0 saturated heterocycles. The van der Waals surface area contributed by atoms with Gasteiger partial charge >= 0.3 is 59.1 Å². The molecule has 0 amide bonds. The number of rotatable bonds is 11. The van der Waals surface area contributed by atoms with E-state index in [0.29, 0.717) is 0 Å². The van der Waals surface area contributed by atoms with Crippen LogP contribution in [0.15, 0.2) is 0 Å². The molecule has 0 aromatic carbocycles. The smallest absolute Gasteiger partial charge is 0.549 e. The van der Waals surface area contributed by atoms with Crippen molar-refractivity contribution >= 4 is 23.9 Å². The molecule has 0 heterocycles. The predicted octanol–water partition coefficient (Wildman–Crippen LogP) is -13.4. The maximum Gasteiger partial charge on any atom is 1.00 e. The fourth-order valence-corrected chi connectivity index (χ4v) is 1.44. The molecule has 10 nitrogen and oxygen atoms in total. The average molecular weight is 389 g/mol. The first-order valence-electron chi connectivity index (χ1n) is 5.44. The summed E-state index contributed by atoms with van der Waals surface area (Å²) in [6.45, 7) is -3.25. The van der Waals surface area contributed by atoms with Gasteiger partial charge in [-0.05, 0) is 0 Å². The Hall–Kier alpha value is 0.319. The van der Waals surface area contributed by atoms with Gasteiger partial charge in [0, 0.05) is 56.3 Å². The zero-order valence-corrected chi connectivity index (χ0v) is 18.0. The van der Waals surface area contributed by atoms with E-state index in [1.165, 1.54) is 0 Å². The van der Waals surface area contributed by atoms with Crippen LogP contribution in [0.3, 0.4) is 0 Å². The van der Waals surface area contributed by atoms with E-state index < -0.39 is 50.1 Å². The number of carboxylic acids is 4. The Labute approximate surface area is 187 Å². The van der Waals surface area contributed by atoms with E-state index >= 15 is 0 Å². The van der Waals surface area contributed by atoms with Crippen LogP contribution >= 0.6 is 0 Å². The van der Waals surface area contributed by atoms with Crippen LogP contribution in [-0.4, -0.2) is 72.9 Å². The summed E-state index contributed by atoms with van der Waals surface area (Å²) in [6.07, 6.45) is 0.